The standard InChI is InChI=1S/C22H25ClN6O2S/c23-14-6-4-12(5-7-14)8-9-26-17-18(20(31)19(17)30)27-15-3-1-2-13(10-15)16-11-32-22(28-16)29-21(24)25/h4-7,11,13,15,26-27H,1-3,8-10H2,(H4,24,25,28,29). The Morgan fingerprint density at radius 2 is 1.94 bits per heavy atom. The highest BCUT2D eigenvalue weighted by Gasteiger charge is 2.28. The van der Waals surface area contributed by atoms with Gasteiger partial charge < -0.3 is 21.7 Å². The number of nitrogens with zero attached hydrogens (tertiary/aromatic N) is 1. The molecule has 0 saturated heterocycles. The second kappa shape index (κ2) is 9.70. The largest absolute Gasteiger partial charge is 0.380 e. The van der Waals surface area contributed by atoms with Gasteiger partial charge >= 0.3 is 0 Å². The van der Waals surface area contributed by atoms with E-state index >= 15 is 0 Å². The van der Waals surface area contributed by atoms with Crippen molar-refractivity contribution in [2.24, 2.45) is 5.73 Å². The molecule has 1 saturated carbocycles. The summed E-state index contributed by atoms with van der Waals surface area (Å²) in [5.41, 5.74) is 7.31. The van der Waals surface area contributed by atoms with Crippen molar-refractivity contribution in [3.8, 4) is 0 Å². The molecule has 1 aromatic heterocycles. The van der Waals surface area contributed by atoms with E-state index in [0.717, 1.165) is 43.4 Å². The Hall–Kier alpha value is -2.91. The number of anilines is 3. The van der Waals surface area contributed by atoms with E-state index in [1.165, 1.54) is 11.3 Å². The van der Waals surface area contributed by atoms with E-state index < -0.39 is 10.9 Å². The van der Waals surface area contributed by atoms with Crippen LogP contribution >= 0.6 is 22.9 Å². The Kier molecular flexibility index (Phi) is 6.76. The molecule has 168 valence electrons. The Labute approximate surface area is 194 Å². The Morgan fingerprint density at radius 1 is 1.19 bits per heavy atom. The van der Waals surface area contributed by atoms with Crippen molar-refractivity contribution >= 4 is 45.4 Å². The van der Waals surface area contributed by atoms with Gasteiger partial charge in [0.2, 0.25) is 0 Å². The van der Waals surface area contributed by atoms with E-state index in [9.17, 15) is 9.59 Å². The van der Waals surface area contributed by atoms with Crippen molar-refractivity contribution in [3.63, 3.8) is 0 Å². The molecule has 1 aliphatic carbocycles. The van der Waals surface area contributed by atoms with Gasteiger partial charge in [0.05, 0.1) is 5.69 Å². The van der Waals surface area contributed by atoms with Crippen molar-refractivity contribution in [2.45, 2.75) is 44.1 Å². The fourth-order valence-electron chi connectivity index (χ4n) is 4.12. The van der Waals surface area contributed by atoms with Crippen molar-refractivity contribution < 1.29 is 0 Å². The number of hydrogen-bond acceptors (Lipinski definition) is 7. The minimum atomic E-state index is -0.463. The van der Waals surface area contributed by atoms with Crippen LogP contribution in [0.25, 0.3) is 0 Å². The first-order valence-corrected chi connectivity index (χ1v) is 11.8. The van der Waals surface area contributed by atoms with Crippen LogP contribution < -0.4 is 32.5 Å². The lowest BCUT2D eigenvalue weighted by Crippen LogP contribution is -2.40. The molecule has 8 nitrogen and oxygen atoms in total. The maximum atomic E-state index is 12.2. The predicted octanol–water partition coefficient (Wildman–Crippen LogP) is 3.49. The number of rotatable bonds is 8. The molecule has 10 heteroatoms. The van der Waals surface area contributed by atoms with Gasteiger partial charge in [-0.1, -0.05) is 30.2 Å². The molecular formula is C22H25ClN6O2S. The summed E-state index contributed by atoms with van der Waals surface area (Å²) in [5.74, 6) is 0.123. The first-order chi connectivity index (χ1) is 15.4. The van der Waals surface area contributed by atoms with Crippen LogP contribution in [-0.2, 0) is 6.42 Å². The molecule has 0 spiro atoms. The van der Waals surface area contributed by atoms with E-state index in [0.29, 0.717) is 28.1 Å². The molecule has 1 fully saturated rings. The number of thiazole rings is 1. The second-order valence-corrected chi connectivity index (χ2v) is 9.33. The van der Waals surface area contributed by atoms with Crippen LogP contribution in [-0.4, -0.2) is 23.5 Å². The monoisotopic (exact) mass is 472 g/mol. The average molecular weight is 473 g/mol. The van der Waals surface area contributed by atoms with Crippen molar-refractivity contribution in [3.05, 3.63) is 66.4 Å². The molecule has 6 N–H and O–H groups in total. The van der Waals surface area contributed by atoms with Gasteiger partial charge in [0.1, 0.15) is 11.4 Å². The number of guanidine groups is 1. The van der Waals surface area contributed by atoms with Gasteiger partial charge in [-0.2, -0.15) is 0 Å². The molecule has 0 radical (unpaired) electrons. The molecule has 0 aliphatic heterocycles. The summed E-state index contributed by atoms with van der Waals surface area (Å²) in [6, 6.07) is 7.66. The van der Waals surface area contributed by atoms with Gasteiger partial charge in [-0.15, -0.1) is 11.3 Å². The summed E-state index contributed by atoms with van der Waals surface area (Å²) in [6.45, 7) is 0.555. The highest BCUT2D eigenvalue weighted by Crippen LogP contribution is 2.35. The fraction of sp³-hybridized carbons (Fsp3) is 0.364. The normalized spacial score (nSPS) is 18.4. The average Bonchev–Trinajstić information content (AvgIpc) is 3.24. The van der Waals surface area contributed by atoms with Crippen LogP contribution in [0.5, 0.6) is 0 Å². The minimum absolute atomic E-state index is 0.0970. The van der Waals surface area contributed by atoms with Gasteiger partial charge in [0, 0.05) is 28.9 Å². The zero-order valence-corrected chi connectivity index (χ0v) is 19.0. The van der Waals surface area contributed by atoms with Gasteiger partial charge in [0.15, 0.2) is 11.1 Å². The molecule has 32 heavy (non-hydrogen) atoms. The Bertz CT molecular complexity index is 1170. The molecular weight excluding hydrogens is 448 g/mol. The van der Waals surface area contributed by atoms with Crippen molar-refractivity contribution in [1.82, 2.24) is 4.98 Å². The quantitative estimate of drug-likeness (QED) is 0.192. The highest BCUT2D eigenvalue weighted by molar-refractivity contribution is 7.13. The summed E-state index contributed by atoms with van der Waals surface area (Å²) in [7, 11) is 0. The summed E-state index contributed by atoms with van der Waals surface area (Å²) in [6.07, 6.45) is 4.50. The number of nitrogens with one attached hydrogen (secondary N) is 4. The van der Waals surface area contributed by atoms with E-state index in [2.05, 4.69) is 20.9 Å². The lowest BCUT2D eigenvalue weighted by Gasteiger charge is -2.30. The Balaban J connectivity index is 1.35. The zero-order valence-electron chi connectivity index (χ0n) is 17.4. The third-order valence-corrected chi connectivity index (χ3v) is 6.77. The zero-order chi connectivity index (χ0) is 22.7. The maximum Gasteiger partial charge on any atom is 0.253 e. The Morgan fingerprint density at radius 3 is 2.69 bits per heavy atom. The fourth-order valence-corrected chi connectivity index (χ4v) is 5.05. The number of aromatic nitrogens is 1. The molecule has 1 heterocycles. The maximum absolute atomic E-state index is 12.2. The third kappa shape index (κ3) is 5.11. The summed E-state index contributed by atoms with van der Waals surface area (Å²) >= 11 is 7.33. The van der Waals surface area contributed by atoms with Crippen LogP contribution in [0.4, 0.5) is 16.5 Å². The number of nitrogens with two attached hydrogens (primary N) is 1. The lowest BCUT2D eigenvalue weighted by atomic mass is 9.84. The van der Waals surface area contributed by atoms with E-state index in [4.69, 9.17) is 22.7 Å². The highest BCUT2D eigenvalue weighted by atomic mass is 35.5. The molecule has 1 aliphatic rings. The van der Waals surface area contributed by atoms with Crippen LogP contribution in [0, 0.1) is 5.41 Å². The molecule has 4 rings (SSSR count). The van der Waals surface area contributed by atoms with E-state index in [1.807, 2.05) is 29.6 Å². The second-order valence-electron chi connectivity index (χ2n) is 8.03. The minimum Gasteiger partial charge on any atom is -0.380 e. The van der Waals surface area contributed by atoms with Crippen LogP contribution in [0.1, 0.15) is 42.9 Å². The summed E-state index contributed by atoms with van der Waals surface area (Å²) in [5, 5.41) is 19.8. The number of benzene rings is 1. The third-order valence-electron chi connectivity index (χ3n) is 5.74. The molecule has 3 aromatic rings. The topological polar surface area (TPSA) is 133 Å². The first kappa shape index (κ1) is 22.3. The van der Waals surface area contributed by atoms with Crippen LogP contribution in [0.2, 0.25) is 5.02 Å². The van der Waals surface area contributed by atoms with Gasteiger partial charge in [0.25, 0.3) is 10.9 Å². The van der Waals surface area contributed by atoms with Crippen molar-refractivity contribution in [1.29, 1.82) is 5.41 Å². The number of halogens is 1. The first-order valence-electron chi connectivity index (χ1n) is 10.6. The SMILES string of the molecule is N=C(N)Nc1nc(C2CCCC(Nc3c(NCCc4ccc(Cl)cc4)c(=O)c3=O)C2)cs1. The molecule has 0 amide bonds. The summed E-state index contributed by atoms with van der Waals surface area (Å²) in [4.78, 5) is 28.8. The van der Waals surface area contributed by atoms with Crippen molar-refractivity contribution in [2.75, 3.05) is 22.5 Å². The summed E-state index contributed by atoms with van der Waals surface area (Å²) < 4.78 is 0. The van der Waals surface area contributed by atoms with Gasteiger partial charge in [-0.05, 0) is 43.4 Å². The van der Waals surface area contributed by atoms with Gasteiger partial charge in [-0.3, -0.25) is 15.0 Å². The molecule has 0 bridgehead atoms. The molecule has 2 unspecified atom stereocenters. The molecule has 2 atom stereocenters. The van der Waals surface area contributed by atoms with Gasteiger partial charge in [-0.25, -0.2) is 4.98 Å². The number of hydrogen-bond donors (Lipinski definition) is 5. The van der Waals surface area contributed by atoms with Crippen LogP contribution in [0.3, 0.4) is 0 Å². The van der Waals surface area contributed by atoms with E-state index in [-0.39, 0.29) is 17.9 Å². The lowest BCUT2D eigenvalue weighted by molar-refractivity contribution is 0.406. The molecule has 2 aromatic carbocycles. The van der Waals surface area contributed by atoms with E-state index in [1.54, 1.807) is 0 Å². The smallest absolute Gasteiger partial charge is 0.253 e. The van der Waals surface area contributed by atoms with Crippen LogP contribution in [0.15, 0.2) is 39.2 Å². The predicted molar refractivity (Wildman–Crippen MR) is 131 cm³/mol.